The highest BCUT2D eigenvalue weighted by Crippen LogP contribution is 2.38. The van der Waals surface area contributed by atoms with Crippen LogP contribution in [0.4, 0.5) is 43.4 Å². The fourth-order valence-electron chi connectivity index (χ4n) is 4.19. The summed E-state index contributed by atoms with van der Waals surface area (Å²) in [6.07, 6.45) is -6.54. The molecule has 0 heterocycles. The van der Waals surface area contributed by atoms with Gasteiger partial charge in [0.1, 0.15) is 12.2 Å². The van der Waals surface area contributed by atoms with Crippen LogP contribution in [0.1, 0.15) is 43.2 Å². The fourth-order valence-corrected chi connectivity index (χ4v) is 4.19. The Kier molecular flexibility index (Phi) is 10.0. The van der Waals surface area contributed by atoms with Crippen LogP contribution in [0.25, 0.3) is 0 Å². The van der Waals surface area contributed by atoms with Crippen LogP contribution in [0.3, 0.4) is 0 Å². The number of halogens is 6. The van der Waals surface area contributed by atoms with E-state index in [1.54, 1.807) is 0 Å². The van der Waals surface area contributed by atoms with E-state index in [2.05, 4.69) is 16.0 Å². The molecule has 2 aromatic carbocycles. The van der Waals surface area contributed by atoms with Gasteiger partial charge in [0, 0.05) is 36.6 Å². The third-order valence-electron chi connectivity index (χ3n) is 6.21. The van der Waals surface area contributed by atoms with Crippen molar-refractivity contribution < 1.29 is 40.8 Å². The second-order valence-corrected chi connectivity index (χ2v) is 9.12. The molecule has 0 aliphatic heterocycles. The van der Waals surface area contributed by atoms with Gasteiger partial charge in [-0.3, -0.25) is 14.9 Å². The number of benzene rings is 2. The molecule has 1 amide bonds. The van der Waals surface area contributed by atoms with Crippen LogP contribution in [0.5, 0.6) is 0 Å². The summed E-state index contributed by atoms with van der Waals surface area (Å²) in [7, 11) is 0. The molecule has 14 heteroatoms. The van der Waals surface area contributed by atoms with E-state index in [1.807, 2.05) is 0 Å². The van der Waals surface area contributed by atoms with Crippen LogP contribution in [0, 0.1) is 10.1 Å². The summed E-state index contributed by atoms with van der Waals surface area (Å²) in [6, 6.07) is 7.34. The summed E-state index contributed by atoms with van der Waals surface area (Å²) in [5.41, 5.74) is -2.36. The predicted molar refractivity (Wildman–Crippen MR) is 131 cm³/mol. The third-order valence-corrected chi connectivity index (χ3v) is 6.21. The zero-order chi connectivity index (χ0) is 28.6. The van der Waals surface area contributed by atoms with Crippen LogP contribution in [-0.4, -0.2) is 42.7 Å². The minimum atomic E-state index is -4.85. The maximum atomic E-state index is 13.2. The SMILES string of the molecule is O=C(COC1CCC(Nc2ccc([N+](=O)[O-])c(C(F)(F)F)c2)CC1)NCCCNc1ccc(C(F)(F)F)cc1. The number of carbonyl (C=O) groups excluding carboxylic acids is 1. The van der Waals surface area contributed by atoms with Crippen LogP contribution in [-0.2, 0) is 21.9 Å². The minimum Gasteiger partial charge on any atom is -0.385 e. The Hall–Kier alpha value is -3.55. The molecular weight excluding hydrogens is 534 g/mol. The Balaban J connectivity index is 1.31. The number of hydrogen-bond donors (Lipinski definition) is 3. The van der Waals surface area contributed by atoms with Crippen molar-refractivity contribution in [3.05, 3.63) is 63.7 Å². The first-order valence-electron chi connectivity index (χ1n) is 12.2. The number of nitrogens with zero attached hydrogens (tertiary/aromatic N) is 1. The van der Waals surface area contributed by atoms with E-state index in [1.165, 1.54) is 18.2 Å². The van der Waals surface area contributed by atoms with Gasteiger partial charge in [0.05, 0.1) is 16.6 Å². The lowest BCUT2D eigenvalue weighted by Crippen LogP contribution is -2.34. The molecule has 0 radical (unpaired) electrons. The van der Waals surface area contributed by atoms with E-state index < -0.39 is 34.1 Å². The quantitative estimate of drug-likeness (QED) is 0.135. The van der Waals surface area contributed by atoms with Gasteiger partial charge in [-0.2, -0.15) is 26.3 Å². The molecule has 0 atom stereocenters. The van der Waals surface area contributed by atoms with Gasteiger partial charge in [-0.15, -0.1) is 0 Å². The number of nitro groups is 1. The van der Waals surface area contributed by atoms with Crippen molar-refractivity contribution in [1.29, 1.82) is 0 Å². The molecule has 3 rings (SSSR count). The number of ether oxygens (including phenoxy) is 1. The molecule has 0 aromatic heterocycles. The van der Waals surface area contributed by atoms with Crippen LogP contribution >= 0.6 is 0 Å². The number of carbonyl (C=O) groups is 1. The van der Waals surface area contributed by atoms with E-state index in [-0.39, 0.29) is 30.3 Å². The molecule has 0 saturated heterocycles. The second kappa shape index (κ2) is 13.0. The van der Waals surface area contributed by atoms with E-state index in [4.69, 9.17) is 4.74 Å². The number of nitrogens with one attached hydrogen (secondary N) is 3. The normalized spacial score (nSPS) is 17.9. The van der Waals surface area contributed by atoms with Gasteiger partial charge in [-0.05, 0) is 68.5 Å². The molecule has 0 unspecified atom stereocenters. The van der Waals surface area contributed by atoms with E-state index in [0.717, 1.165) is 24.3 Å². The van der Waals surface area contributed by atoms with Crippen molar-refractivity contribution >= 4 is 23.0 Å². The monoisotopic (exact) mass is 562 g/mol. The topological polar surface area (TPSA) is 106 Å². The van der Waals surface area contributed by atoms with E-state index in [0.29, 0.717) is 50.9 Å². The van der Waals surface area contributed by atoms with Crippen molar-refractivity contribution in [1.82, 2.24) is 5.32 Å². The van der Waals surface area contributed by atoms with Crippen molar-refractivity contribution in [2.24, 2.45) is 0 Å². The minimum absolute atomic E-state index is 0.140. The summed E-state index contributed by atoms with van der Waals surface area (Å²) >= 11 is 0. The van der Waals surface area contributed by atoms with E-state index in [9.17, 15) is 41.3 Å². The van der Waals surface area contributed by atoms with Gasteiger partial charge in [0.15, 0.2) is 0 Å². The molecule has 1 saturated carbocycles. The van der Waals surface area contributed by atoms with Gasteiger partial charge >= 0.3 is 12.4 Å². The zero-order valence-corrected chi connectivity index (χ0v) is 20.7. The lowest BCUT2D eigenvalue weighted by Gasteiger charge is -2.29. The largest absolute Gasteiger partial charge is 0.423 e. The molecule has 214 valence electrons. The molecule has 1 aliphatic rings. The number of rotatable bonds is 11. The van der Waals surface area contributed by atoms with Gasteiger partial charge in [-0.1, -0.05) is 0 Å². The highest BCUT2D eigenvalue weighted by Gasteiger charge is 2.38. The Bertz CT molecular complexity index is 1120. The molecule has 8 nitrogen and oxygen atoms in total. The molecule has 3 N–H and O–H groups in total. The molecule has 2 aromatic rings. The second-order valence-electron chi connectivity index (χ2n) is 9.12. The Morgan fingerprint density at radius 1 is 0.923 bits per heavy atom. The summed E-state index contributed by atoms with van der Waals surface area (Å²) in [5.74, 6) is -0.310. The van der Waals surface area contributed by atoms with Crippen LogP contribution in [0.2, 0.25) is 0 Å². The Morgan fingerprint density at radius 3 is 2.15 bits per heavy atom. The van der Waals surface area contributed by atoms with Crippen molar-refractivity contribution in [2.75, 3.05) is 30.3 Å². The molecule has 39 heavy (non-hydrogen) atoms. The summed E-state index contributed by atoms with van der Waals surface area (Å²) < 4.78 is 82.9. The molecule has 0 spiro atoms. The highest BCUT2D eigenvalue weighted by molar-refractivity contribution is 5.77. The third kappa shape index (κ3) is 9.30. The average Bonchev–Trinajstić information content (AvgIpc) is 2.87. The van der Waals surface area contributed by atoms with Crippen molar-refractivity contribution in [3.63, 3.8) is 0 Å². The van der Waals surface area contributed by atoms with E-state index >= 15 is 0 Å². The number of hydrogen-bond acceptors (Lipinski definition) is 6. The fraction of sp³-hybridized carbons (Fsp3) is 0.480. The standard InChI is InChI=1S/C25H28F6N4O4/c26-24(27,28)16-2-4-17(5-3-16)32-12-1-13-33-23(36)15-39-20-9-6-18(7-10-20)34-19-8-11-22(35(37)38)21(14-19)25(29,30)31/h2-5,8,11,14,18,20,32,34H,1,6-7,9-10,12-13,15H2,(H,33,36). The van der Waals surface area contributed by atoms with Gasteiger partial charge in [0.25, 0.3) is 5.69 Å². The molecule has 1 fully saturated rings. The summed E-state index contributed by atoms with van der Waals surface area (Å²) in [4.78, 5) is 21.9. The summed E-state index contributed by atoms with van der Waals surface area (Å²) in [5, 5.41) is 19.6. The van der Waals surface area contributed by atoms with Gasteiger partial charge in [-0.25, -0.2) is 0 Å². The highest BCUT2D eigenvalue weighted by atomic mass is 19.4. The average molecular weight is 563 g/mol. The number of alkyl halides is 6. The number of amides is 1. The Labute approximate surface area is 220 Å². The van der Waals surface area contributed by atoms with Gasteiger partial charge in [0.2, 0.25) is 5.91 Å². The lowest BCUT2D eigenvalue weighted by atomic mass is 9.92. The Morgan fingerprint density at radius 2 is 1.56 bits per heavy atom. The lowest BCUT2D eigenvalue weighted by molar-refractivity contribution is -0.388. The van der Waals surface area contributed by atoms with Crippen molar-refractivity contribution in [3.8, 4) is 0 Å². The van der Waals surface area contributed by atoms with Crippen LogP contribution < -0.4 is 16.0 Å². The first kappa shape index (κ1) is 30.0. The molecule has 1 aliphatic carbocycles. The van der Waals surface area contributed by atoms with Crippen molar-refractivity contribution in [2.45, 2.75) is 56.6 Å². The van der Waals surface area contributed by atoms with Crippen LogP contribution in [0.15, 0.2) is 42.5 Å². The number of anilines is 2. The first-order valence-corrected chi connectivity index (χ1v) is 12.2. The molecular formula is C25H28F6N4O4. The number of nitro benzene ring substituents is 1. The zero-order valence-electron chi connectivity index (χ0n) is 20.7. The molecule has 0 bridgehead atoms. The summed E-state index contributed by atoms with van der Waals surface area (Å²) in [6.45, 7) is 0.650. The predicted octanol–water partition coefficient (Wildman–Crippen LogP) is 5.99. The van der Waals surface area contributed by atoms with Gasteiger partial charge < -0.3 is 20.7 Å². The first-order chi connectivity index (χ1) is 18.3. The smallest absolute Gasteiger partial charge is 0.385 e. The maximum absolute atomic E-state index is 13.2. The maximum Gasteiger partial charge on any atom is 0.423 e.